The molecule has 1 heterocycles. The molecule has 0 radical (unpaired) electrons. The number of nitrogen functional groups attached to an aromatic ring is 1. The Morgan fingerprint density at radius 3 is 2.89 bits per heavy atom. The summed E-state index contributed by atoms with van der Waals surface area (Å²) in [5.41, 5.74) is 8.34. The van der Waals surface area contributed by atoms with Crippen LogP contribution in [0.5, 0.6) is 0 Å². The van der Waals surface area contributed by atoms with Gasteiger partial charge in [0.25, 0.3) is 0 Å². The topological polar surface area (TPSA) is 38.0 Å². The van der Waals surface area contributed by atoms with Crippen molar-refractivity contribution in [1.82, 2.24) is 0 Å². The Labute approximate surface area is 114 Å². The molecule has 0 fully saturated rings. The number of nitrogens with one attached hydrogen (secondary N) is 1. The van der Waals surface area contributed by atoms with Crippen molar-refractivity contribution >= 4 is 50.1 Å². The van der Waals surface area contributed by atoms with Crippen LogP contribution in [-0.4, -0.2) is 0 Å². The molecule has 1 aromatic heterocycles. The van der Waals surface area contributed by atoms with E-state index < -0.39 is 0 Å². The van der Waals surface area contributed by atoms with Crippen LogP contribution < -0.4 is 11.1 Å². The molecule has 90 valence electrons. The molecule has 2 aromatic carbocycles. The van der Waals surface area contributed by atoms with Gasteiger partial charge in [-0.1, -0.05) is 17.7 Å². The maximum atomic E-state index is 5.99. The lowest BCUT2D eigenvalue weighted by Crippen LogP contribution is -1.96. The van der Waals surface area contributed by atoms with Crippen molar-refractivity contribution in [2.45, 2.75) is 0 Å². The van der Waals surface area contributed by atoms with Crippen LogP contribution in [0.1, 0.15) is 0 Å². The van der Waals surface area contributed by atoms with Crippen LogP contribution in [0.15, 0.2) is 47.8 Å². The number of halogens is 1. The molecule has 3 aromatic rings. The van der Waals surface area contributed by atoms with Gasteiger partial charge in [-0.3, -0.25) is 0 Å². The van der Waals surface area contributed by atoms with Crippen molar-refractivity contribution < 1.29 is 0 Å². The van der Waals surface area contributed by atoms with Crippen molar-refractivity contribution in [3.8, 4) is 0 Å². The monoisotopic (exact) mass is 274 g/mol. The maximum absolute atomic E-state index is 5.99. The molecule has 0 atom stereocenters. The minimum Gasteiger partial charge on any atom is -0.396 e. The summed E-state index contributed by atoms with van der Waals surface area (Å²) in [6.45, 7) is 0. The fourth-order valence-electron chi connectivity index (χ4n) is 1.85. The van der Waals surface area contributed by atoms with E-state index in [9.17, 15) is 0 Å². The SMILES string of the molecule is Nc1c(Cl)cccc1Nc1ccc2sccc2c1. The highest BCUT2D eigenvalue weighted by molar-refractivity contribution is 7.17. The fraction of sp³-hybridized carbons (Fsp3) is 0. The first-order chi connectivity index (χ1) is 8.74. The maximum Gasteiger partial charge on any atom is 0.0742 e. The average Bonchev–Trinajstić information content (AvgIpc) is 2.82. The molecule has 3 N–H and O–H groups in total. The lowest BCUT2D eigenvalue weighted by molar-refractivity contribution is 1.57. The van der Waals surface area contributed by atoms with Crippen LogP contribution >= 0.6 is 22.9 Å². The Bertz CT molecular complexity index is 706. The number of rotatable bonds is 2. The first kappa shape index (κ1) is 11.4. The molecular formula is C14H11ClN2S. The highest BCUT2D eigenvalue weighted by Gasteiger charge is 2.04. The normalized spacial score (nSPS) is 10.7. The predicted octanol–water partition coefficient (Wildman–Crippen LogP) is 4.88. The summed E-state index contributed by atoms with van der Waals surface area (Å²) in [6, 6.07) is 13.9. The van der Waals surface area contributed by atoms with E-state index in [1.165, 1.54) is 10.1 Å². The summed E-state index contributed by atoms with van der Waals surface area (Å²) in [6.07, 6.45) is 0. The summed E-state index contributed by atoms with van der Waals surface area (Å²) in [5, 5.41) is 7.17. The van der Waals surface area contributed by atoms with Crippen LogP contribution in [0.3, 0.4) is 0 Å². The van der Waals surface area contributed by atoms with Crippen molar-refractivity contribution in [1.29, 1.82) is 0 Å². The van der Waals surface area contributed by atoms with Gasteiger partial charge in [0.2, 0.25) is 0 Å². The van der Waals surface area contributed by atoms with Gasteiger partial charge in [-0.05, 0) is 47.2 Å². The van der Waals surface area contributed by atoms with Gasteiger partial charge in [-0.25, -0.2) is 0 Å². The summed E-state index contributed by atoms with van der Waals surface area (Å²) < 4.78 is 1.28. The van der Waals surface area contributed by atoms with Gasteiger partial charge in [0, 0.05) is 10.4 Å². The molecule has 0 saturated heterocycles. The summed E-state index contributed by atoms with van der Waals surface area (Å²) >= 11 is 7.73. The zero-order valence-corrected chi connectivity index (χ0v) is 11.1. The highest BCUT2D eigenvalue weighted by atomic mass is 35.5. The molecule has 2 nitrogen and oxygen atoms in total. The van der Waals surface area contributed by atoms with E-state index in [4.69, 9.17) is 17.3 Å². The lowest BCUT2D eigenvalue weighted by atomic mass is 10.2. The zero-order valence-electron chi connectivity index (χ0n) is 9.48. The first-order valence-corrected chi connectivity index (χ1v) is 6.78. The van der Waals surface area contributed by atoms with Crippen LogP contribution in [0, 0.1) is 0 Å². The predicted molar refractivity (Wildman–Crippen MR) is 81.0 cm³/mol. The molecule has 0 unspecified atom stereocenters. The van der Waals surface area contributed by atoms with Gasteiger partial charge in [-0.15, -0.1) is 11.3 Å². The molecular weight excluding hydrogens is 264 g/mol. The van der Waals surface area contributed by atoms with Gasteiger partial charge in [-0.2, -0.15) is 0 Å². The molecule has 0 aliphatic carbocycles. The van der Waals surface area contributed by atoms with Gasteiger partial charge in [0.15, 0.2) is 0 Å². The second-order valence-electron chi connectivity index (χ2n) is 4.00. The minimum absolute atomic E-state index is 0.566. The van der Waals surface area contributed by atoms with Gasteiger partial charge in [0.1, 0.15) is 0 Å². The van der Waals surface area contributed by atoms with Crippen molar-refractivity contribution in [2.24, 2.45) is 0 Å². The van der Waals surface area contributed by atoms with Crippen LogP contribution in [0.25, 0.3) is 10.1 Å². The number of hydrogen-bond donors (Lipinski definition) is 2. The van der Waals surface area contributed by atoms with Crippen LogP contribution in [0.4, 0.5) is 17.1 Å². The second kappa shape index (κ2) is 4.52. The summed E-state index contributed by atoms with van der Waals surface area (Å²) in [5.74, 6) is 0. The Morgan fingerprint density at radius 2 is 2.00 bits per heavy atom. The van der Waals surface area contributed by atoms with Crippen molar-refractivity contribution in [3.63, 3.8) is 0 Å². The second-order valence-corrected chi connectivity index (χ2v) is 5.35. The number of benzene rings is 2. The van der Waals surface area contributed by atoms with Gasteiger partial charge in [0.05, 0.1) is 16.4 Å². The Morgan fingerprint density at radius 1 is 1.11 bits per heavy atom. The molecule has 4 heteroatoms. The van der Waals surface area contributed by atoms with E-state index in [0.717, 1.165) is 11.4 Å². The summed E-state index contributed by atoms with van der Waals surface area (Å²) in [7, 11) is 0. The minimum atomic E-state index is 0.566. The molecule has 0 spiro atoms. The van der Waals surface area contributed by atoms with Crippen LogP contribution in [0.2, 0.25) is 5.02 Å². The zero-order chi connectivity index (χ0) is 12.5. The Balaban J connectivity index is 1.98. The first-order valence-electron chi connectivity index (χ1n) is 5.52. The summed E-state index contributed by atoms with van der Waals surface area (Å²) in [4.78, 5) is 0. The number of fused-ring (bicyclic) bond motifs is 1. The standard InChI is InChI=1S/C14H11ClN2S/c15-11-2-1-3-12(14(11)16)17-10-4-5-13-9(8-10)6-7-18-13/h1-8,17H,16H2. The van der Waals surface area contributed by atoms with E-state index in [0.29, 0.717) is 10.7 Å². The largest absolute Gasteiger partial charge is 0.396 e. The molecule has 0 amide bonds. The van der Waals surface area contributed by atoms with Crippen molar-refractivity contribution in [3.05, 3.63) is 52.9 Å². The third kappa shape index (κ3) is 2.03. The number of nitrogens with two attached hydrogens (primary N) is 1. The third-order valence-corrected chi connectivity index (χ3v) is 4.01. The smallest absolute Gasteiger partial charge is 0.0742 e. The Kier molecular flexibility index (Phi) is 2.86. The fourth-order valence-corrected chi connectivity index (χ4v) is 2.79. The molecule has 0 aliphatic heterocycles. The van der Waals surface area contributed by atoms with Crippen LogP contribution in [-0.2, 0) is 0 Å². The number of thiophene rings is 1. The van der Waals surface area contributed by atoms with E-state index in [-0.39, 0.29) is 0 Å². The van der Waals surface area contributed by atoms with E-state index >= 15 is 0 Å². The molecule has 0 bridgehead atoms. The number of hydrogen-bond acceptors (Lipinski definition) is 3. The van der Waals surface area contributed by atoms with Crippen molar-refractivity contribution in [2.75, 3.05) is 11.1 Å². The lowest BCUT2D eigenvalue weighted by Gasteiger charge is -2.10. The van der Waals surface area contributed by atoms with E-state index in [2.05, 4.69) is 28.9 Å². The van der Waals surface area contributed by atoms with E-state index in [1.54, 1.807) is 17.4 Å². The molecule has 0 saturated carbocycles. The number of para-hydroxylation sites is 1. The molecule has 3 rings (SSSR count). The molecule has 18 heavy (non-hydrogen) atoms. The number of anilines is 3. The third-order valence-electron chi connectivity index (χ3n) is 2.78. The highest BCUT2D eigenvalue weighted by Crippen LogP contribution is 2.31. The van der Waals surface area contributed by atoms with Gasteiger partial charge < -0.3 is 11.1 Å². The average molecular weight is 275 g/mol. The van der Waals surface area contributed by atoms with E-state index in [1.807, 2.05) is 18.2 Å². The Hall–Kier alpha value is -1.71. The molecule has 0 aliphatic rings. The quantitative estimate of drug-likeness (QED) is 0.654. The van der Waals surface area contributed by atoms with Gasteiger partial charge >= 0.3 is 0 Å².